The fourth-order valence-corrected chi connectivity index (χ4v) is 1.97. The molecule has 0 saturated heterocycles. The minimum absolute atomic E-state index is 0.0335. The summed E-state index contributed by atoms with van der Waals surface area (Å²) in [6.45, 7) is 1.82. The van der Waals surface area contributed by atoms with E-state index in [9.17, 15) is 9.18 Å². The lowest BCUT2D eigenvalue weighted by atomic mass is 9.99. The van der Waals surface area contributed by atoms with Crippen molar-refractivity contribution in [3.63, 3.8) is 0 Å². The van der Waals surface area contributed by atoms with Crippen LogP contribution in [0.3, 0.4) is 0 Å². The second-order valence-electron chi connectivity index (χ2n) is 4.62. The number of hydrogen-bond donors (Lipinski definition) is 1. The molecule has 98 valence electrons. The number of rotatable bonds is 4. The third kappa shape index (κ3) is 3.41. The molecule has 0 aliphatic carbocycles. The first kappa shape index (κ1) is 13.3. The van der Waals surface area contributed by atoms with E-state index in [1.807, 2.05) is 31.2 Å². The molecule has 2 aromatic carbocycles. The largest absolute Gasteiger partial charge is 0.399 e. The highest BCUT2D eigenvalue weighted by molar-refractivity contribution is 5.97. The number of carbonyl (C=O) groups is 1. The zero-order valence-corrected chi connectivity index (χ0v) is 10.8. The molecule has 2 rings (SSSR count). The van der Waals surface area contributed by atoms with E-state index < -0.39 is 0 Å². The number of anilines is 1. The van der Waals surface area contributed by atoms with Gasteiger partial charge < -0.3 is 5.73 Å². The zero-order valence-electron chi connectivity index (χ0n) is 10.8. The Morgan fingerprint density at radius 3 is 2.53 bits per heavy atom. The Kier molecular flexibility index (Phi) is 3.95. The lowest BCUT2D eigenvalue weighted by molar-refractivity contribution is 0.0982. The average molecular weight is 257 g/mol. The Morgan fingerprint density at radius 1 is 1.16 bits per heavy atom. The highest BCUT2D eigenvalue weighted by Gasteiger charge is 2.10. The van der Waals surface area contributed by atoms with E-state index >= 15 is 0 Å². The number of nitrogens with two attached hydrogens (primary N) is 1. The van der Waals surface area contributed by atoms with Crippen LogP contribution >= 0.6 is 0 Å². The molecule has 0 fully saturated rings. The second-order valence-corrected chi connectivity index (χ2v) is 4.62. The SMILES string of the molecule is Cc1ccc(F)cc1C(=O)CCc1ccc(N)cc1. The second kappa shape index (κ2) is 5.65. The number of hydrogen-bond acceptors (Lipinski definition) is 2. The van der Waals surface area contributed by atoms with Gasteiger partial charge >= 0.3 is 0 Å². The zero-order chi connectivity index (χ0) is 13.8. The van der Waals surface area contributed by atoms with Crippen molar-refractivity contribution < 1.29 is 9.18 Å². The van der Waals surface area contributed by atoms with Crippen LogP contribution in [0.1, 0.15) is 27.9 Å². The van der Waals surface area contributed by atoms with Gasteiger partial charge in [0.25, 0.3) is 0 Å². The van der Waals surface area contributed by atoms with Gasteiger partial charge in [-0.05, 0) is 48.7 Å². The van der Waals surface area contributed by atoms with Crippen molar-refractivity contribution in [2.45, 2.75) is 19.8 Å². The number of Topliss-reactive ketones (excluding diaryl/α,β-unsaturated/α-hetero) is 1. The third-order valence-electron chi connectivity index (χ3n) is 3.12. The minimum atomic E-state index is -0.374. The summed E-state index contributed by atoms with van der Waals surface area (Å²) >= 11 is 0. The number of ketones is 1. The monoisotopic (exact) mass is 257 g/mol. The number of aryl methyl sites for hydroxylation is 2. The van der Waals surface area contributed by atoms with Gasteiger partial charge in [-0.15, -0.1) is 0 Å². The lowest BCUT2D eigenvalue weighted by Crippen LogP contribution is -2.04. The predicted octanol–water partition coefficient (Wildman–Crippen LogP) is 3.53. The quantitative estimate of drug-likeness (QED) is 0.672. The molecule has 0 saturated carbocycles. The molecular weight excluding hydrogens is 241 g/mol. The van der Waals surface area contributed by atoms with Crippen LogP contribution in [-0.2, 0) is 6.42 Å². The Balaban J connectivity index is 2.05. The molecule has 0 aromatic heterocycles. The molecule has 0 radical (unpaired) electrons. The summed E-state index contributed by atoms with van der Waals surface area (Å²) < 4.78 is 13.1. The van der Waals surface area contributed by atoms with Gasteiger partial charge in [0, 0.05) is 17.7 Å². The highest BCUT2D eigenvalue weighted by atomic mass is 19.1. The van der Waals surface area contributed by atoms with E-state index in [0.717, 1.165) is 11.1 Å². The van der Waals surface area contributed by atoms with Crippen molar-refractivity contribution in [2.75, 3.05) is 5.73 Å². The van der Waals surface area contributed by atoms with Gasteiger partial charge in [0.15, 0.2) is 5.78 Å². The van der Waals surface area contributed by atoms with Crippen molar-refractivity contribution in [3.8, 4) is 0 Å². The van der Waals surface area contributed by atoms with Gasteiger partial charge in [0.2, 0.25) is 0 Å². The van der Waals surface area contributed by atoms with Crippen LogP contribution in [-0.4, -0.2) is 5.78 Å². The fraction of sp³-hybridized carbons (Fsp3) is 0.188. The topological polar surface area (TPSA) is 43.1 Å². The third-order valence-corrected chi connectivity index (χ3v) is 3.12. The number of carbonyl (C=O) groups excluding carboxylic acids is 1. The van der Waals surface area contributed by atoms with Gasteiger partial charge in [-0.2, -0.15) is 0 Å². The smallest absolute Gasteiger partial charge is 0.163 e. The van der Waals surface area contributed by atoms with Crippen molar-refractivity contribution in [3.05, 3.63) is 65.0 Å². The van der Waals surface area contributed by atoms with Crippen LogP contribution in [0.5, 0.6) is 0 Å². The molecule has 0 spiro atoms. The molecule has 0 amide bonds. The summed E-state index contributed by atoms with van der Waals surface area (Å²) in [5.74, 6) is -0.407. The van der Waals surface area contributed by atoms with Gasteiger partial charge in [-0.1, -0.05) is 18.2 Å². The number of halogens is 1. The Morgan fingerprint density at radius 2 is 1.84 bits per heavy atom. The number of nitrogen functional groups attached to an aromatic ring is 1. The molecule has 0 aliphatic rings. The Bertz CT molecular complexity index is 590. The minimum Gasteiger partial charge on any atom is -0.399 e. The molecular formula is C16H16FNO. The van der Waals surface area contributed by atoms with E-state index in [4.69, 9.17) is 5.73 Å². The normalized spacial score (nSPS) is 10.4. The van der Waals surface area contributed by atoms with Crippen LogP contribution in [0.4, 0.5) is 10.1 Å². The maximum atomic E-state index is 13.1. The highest BCUT2D eigenvalue weighted by Crippen LogP contribution is 2.15. The van der Waals surface area contributed by atoms with Gasteiger partial charge in [0.05, 0.1) is 0 Å². The summed E-state index contributed by atoms with van der Waals surface area (Å²) in [5.41, 5.74) is 8.64. The first-order valence-electron chi connectivity index (χ1n) is 6.20. The standard InChI is InChI=1S/C16H16FNO/c1-11-2-6-13(17)10-15(11)16(19)9-5-12-3-7-14(18)8-4-12/h2-4,6-8,10H,5,9,18H2,1H3. The molecule has 2 aromatic rings. The van der Waals surface area contributed by atoms with Gasteiger partial charge in [-0.3, -0.25) is 4.79 Å². The molecule has 2 nitrogen and oxygen atoms in total. The van der Waals surface area contributed by atoms with Crippen molar-refractivity contribution in [2.24, 2.45) is 0 Å². The summed E-state index contributed by atoms with van der Waals surface area (Å²) in [7, 11) is 0. The van der Waals surface area contributed by atoms with Gasteiger partial charge in [0.1, 0.15) is 5.82 Å². The van der Waals surface area contributed by atoms with E-state index in [-0.39, 0.29) is 11.6 Å². The van der Waals surface area contributed by atoms with Crippen LogP contribution in [0.25, 0.3) is 0 Å². The first-order valence-corrected chi connectivity index (χ1v) is 6.20. The Labute approximate surface area is 112 Å². The molecule has 19 heavy (non-hydrogen) atoms. The maximum absolute atomic E-state index is 13.1. The van der Waals surface area contributed by atoms with Crippen LogP contribution in [0.2, 0.25) is 0 Å². The molecule has 0 bridgehead atoms. The van der Waals surface area contributed by atoms with Crippen molar-refractivity contribution in [1.29, 1.82) is 0 Å². The van der Waals surface area contributed by atoms with E-state index in [1.54, 1.807) is 6.07 Å². The Hall–Kier alpha value is -2.16. The number of benzene rings is 2. The molecule has 0 unspecified atom stereocenters. The molecule has 3 heteroatoms. The predicted molar refractivity (Wildman–Crippen MR) is 74.6 cm³/mol. The molecule has 2 N–H and O–H groups in total. The maximum Gasteiger partial charge on any atom is 0.163 e. The summed E-state index contributed by atoms with van der Waals surface area (Å²) in [5, 5.41) is 0. The molecule has 0 aliphatic heterocycles. The van der Waals surface area contributed by atoms with Gasteiger partial charge in [-0.25, -0.2) is 4.39 Å². The van der Waals surface area contributed by atoms with E-state index in [2.05, 4.69) is 0 Å². The molecule has 0 atom stereocenters. The van der Waals surface area contributed by atoms with E-state index in [1.165, 1.54) is 12.1 Å². The average Bonchev–Trinajstić information content (AvgIpc) is 2.40. The summed E-state index contributed by atoms with van der Waals surface area (Å²) in [6.07, 6.45) is 1.00. The van der Waals surface area contributed by atoms with Crippen LogP contribution < -0.4 is 5.73 Å². The van der Waals surface area contributed by atoms with Crippen LogP contribution in [0, 0.1) is 12.7 Å². The first-order chi connectivity index (χ1) is 9.06. The summed E-state index contributed by atoms with van der Waals surface area (Å²) in [6, 6.07) is 11.7. The van der Waals surface area contributed by atoms with Crippen molar-refractivity contribution >= 4 is 11.5 Å². The summed E-state index contributed by atoms with van der Waals surface area (Å²) in [4.78, 5) is 12.1. The van der Waals surface area contributed by atoms with E-state index in [0.29, 0.717) is 24.1 Å². The van der Waals surface area contributed by atoms with Crippen LogP contribution in [0.15, 0.2) is 42.5 Å². The van der Waals surface area contributed by atoms with Crippen molar-refractivity contribution in [1.82, 2.24) is 0 Å². The fourth-order valence-electron chi connectivity index (χ4n) is 1.97. The molecule has 0 heterocycles. The lowest BCUT2D eigenvalue weighted by Gasteiger charge is -2.05.